The summed E-state index contributed by atoms with van der Waals surface area (Å²) < 4.78 is 9.32. The molecule has 0 unspecified atom stereocenters. The van der Waals surface area contributed by atoms with Gasteiger partial charge in [0.25, 0.3) is 5.56 Å². The van der Waals surface area contributed by atoms with Crippen molar-refractivity contribution in [3.63, 3.8) is 0 Å². The van der Waals surface area contributed by atoms with Gasteiger partial charge in [0, 0.05) is 4.88 Å². The van der Waals surface area contributed by atoms with Gasteiger partial charge in [0.1, 0.15) is 4.83 Å². The van der Waals surface area contributed by atoms with Crippen molar-refractivity contribution in [2.24, 2.45) is 5.92 Å². The number of ether oxygens (including phenoxy) is 1. The summed E-state index contributed by atoms with van der Waals surface area (Å²) in [6.45, 7) is 5.85. The van der Waals surface area contributed by atoms with Crippen LogP contribution in [-0.2, 0) is 24.0 Å². The van der Waals surface area contributed by atoms with E-state index in [0.29, 0.717) is 34.1 Å². The highest BCUT2D eigenvalue weighted by molar-refractivity contribution is 7.18. The Morgan fingerprint density at radius 1 is 1.44 bits per heavy atom. The van der Waals surface area contributed by atoms with Crippen LogP contribution in [0.4, 0.5) is 0 Å². The summed E-state index contributed by atoms with van der Waals surface area (Å²) in [6.07, 6.45) is 2.95. The molecule has 0 saturated heterocycles. The smallest absolute Gasteiger partial charge is 0.352 e. The number of hydrogen-bond acceptors (Lipinski definition) is 8. The number of hydrogen-bond donors (Lipinski definition) is 1. The van der Waals surface area contributed by atoms with Crippen molar-refractivity contribution in [1.29, 1.82) is 0 Å². The fourth-order valence-corrected chi connectivity index (χ4v) is 5.45. The molecule has 0 spiro atoms. The van der Waals surface area contributed by atoms with E-state index < -0.39 is 12.1 Å². The molecule has 7 nitrogen and oxygen atoms in total. The third kappa shape index (κ3) is 3.29. The predicted octanol–water partition coefficient (Wildman–Crippen LogP) is 3.44. The van der Waals surface area contributed by atoms with Gasteiger partial charge in [-0.05, 0) is 55.6 Å². The number of H-pyrrole nitrogens is 1. The molecule has 9 heteroatoms. The van der Waals surface area contributed by atoms with E-state index in [2.05, 4.69) is 26.5 Å². The van der Waals surface area contributed by atoms with Gasteiger partial charge in [0.15, 0.2) is 16.8 Å². The number of fused-ring (bicyclic) bond motifs is 3. The average Bonchev–Trinajstić information content (AvgIpc) is 3.24. The fourth-order valence-electron chi connectivity index (χ4n) is 3.42. The molecule has 142 valence electrons. The van der Waals surface area contributed by atoms with Crippen LogP contribution in [0.25, 0.3) is 10.2 Å². The number of esters is 1. The van der Waals surface area contributed by atoms with Crippen molar-refractivity contribution < 1.29 is 9.53 Å². The second-order valence-corrected chi connectivity index (χ2v) is 8.77. The molecule has 0 aromatic carbocycles. The molecule has 3 heterocycles. The molecule has 0 radical (unpaired) electrons. The number of carbonyl (C=O) groups excluding carboxylic acids is 1. The first-order chi connectivity index (χ1) is 13.0. The van der Waals surface area contributed by atoms with Gasteiger partial charge in [0.2, 0.25) is 0 Å². The van der Waals surface area contributed by atoms with Crippen molar-refractivity contribution in [3.05, 3.63) is 37.2 Å². The summed E-state index contributed by atoms with van der Waals surface area (Å²) in [5.41, 5.74) is 1.61. The van der Waals surface area contributed by atoms with E-state index in [4.69, 9.17) is 4.74 Å². The molecule has 3 aromatic rings. The van der Waals surface area contributed by atoms with Gasteiger partial charge in [0.05, 0.1) is 11.1 Å². The largest absolute Gasteiger partial charge is 0.450 e. The molecule has 3 aromatic heterocycles. The number of aromatic nitrogens is 4. The molecule has 0 bridgehead atoms. The maximum absolute atomic E-state index is 12.7. The highest BCUT2D eigenvalue weighted by Gasteiger charge is 2.25. The van der Waals surface area contributed by atoms with E-state index in [1.165, 1.54) is 4.88 Å². The molecule has 27 heavy (non-hydrogen) atoms. The summed E-state index contributed by atoms with van der Waals surface area (Å²) >= 11 is 2.60. The Kier molecular flexibility index (Phi) is 4.81. The van der Waals surface area contributed by atoms with Gasteiger partial charge in [-0.2, -0.15) is 0 Å². The maximum Gasteiger partial charge on any atom is 0.352 e. The molecule has 0 amide bonds. The Hall–Kier alpha value is -2.13. The Morgan fingerprint density at radius 2 is 2.26 bits per heavy atom. The lowest BCUT2D eigenvalue weighted by Crippen LogP contribution is -2.18. The molecule has 1 N–H and O–H groups in total. The Morgan fingerprint density at radius 3 is 3.04 bits per heavy atom. The van der Waals surface area contributed by atoms with Crippen molar-refractivity contribution in [1.82, 2.24) is 19.6 Å². The molecular formula is C18H20N4O3S2. The average molecular weight is 405 g/mol. The second-order valence-electron chi connectivity index (χ2n) is 6.93. The molecule has 2 atom stereocenters. The summed E-state index contributed by atoms with van der Waals surface area (Å²) in [5.74, 6) is 0.504. The van der Waals surface area contributed by atoms with Gasteiger partial charge in [-0.3, -0.25) is 4.79 Å². The third-order valence-electron chi connectivity index (χ3n) is 4.93. The van der Waals surface area contributed by atoms with E-state index in [1.807, 2.05) is 6.92 Å². The minimum atomic E-state index is -0.667. The van der Waals surface area contributed by atoms with Crippen molar-refractivity contribution in [2.75, 3.05) is 0 Å². The number of rotatable bonds is 4. The number of nitrogens with zero attached hydrogens (tertiary/aromatic N) is 3. The standard InChI is InChI=1S/C18H20N4O3S2/c1-4-11-14(27-22-21-11)18(24)25-9(3)15-19-16(23)13-10-6-5-8(2)7-12(10)26-17(13)20-15/h8-9H,4-7H2,1-3H3,(H,19,20,23)/t8-,9+/m0/s1. The highest BCUT2D eigenvalue weighted by Crippen LogP contribution is 2.36. The van der Waals surface area contributed by atoms with E-state index in [9.17, 15) is 9.59 Å². The van der Waals surface area contributed by atoms with Gasteiger partial charge in [-0.25, -0.2) is 9.78 Å². The lowest BCUT2D eigenvalue weighted by molar-refractivity contribution is 0.0324. The first-order valence-electron chi connectivity index (χ1n) is 9.04. The number of carbonyl (C=O) groups is 1. The number of thiophene rings is 1. The van der Waals surface area contributed by atoms with Crippen LogP contribution in [0.15, 0.2) is 4.79 Å². The zero-order valence-corrected chi connectivity index (χ0v) is 17.0. The lowest BCUT2D eigenvalue weighted by atomic mass is 9.89. The summed E-state index contributed by atoms with van der Waals surface area (Å²) in [5, 5.41) is 4.63. The van der Waals surface area contributed by atoms with E-state index in [-0.39, 0.29) is 5.56 Å². The van der Waals surface area contributed by atoms with Gasteiger partial charge < -0.3 is 9.72 Å². The quantitative estimate of drug-likeness (QED) is 0.669. The number of aryl methyl sites for hydroxylation is 2. The number of nitrogens with one attached hydrogen (secondary N) is 1. The fraction of sp³-hybridized carbons (Fsp3) is 0.500. The Balaban J connectivity index is 1.64. The first kappa shape index (κ1) is 18.2. The SMILES string of the molecule is CCc1nnsc1C(=O)O[C@H](C)c1nc2sc3c(c2c(=O)[nH]1)CC[C@H](C)C3. The van der Waals surface area contributed by atoms with Gasteiger partial charge in [-0.1, -0.05) is 18.3 Å². The van der Waals surface area contributed by atoms with Crippen LogP contribution < -0.4 is 5.56 Å². The molecule has 0 saturated carbocycles. The topological polar surface area (TPSA) is 97.8 Å². The third-order valence-corrected chi connectivity index (χ3v) is 6.83. The van der Waals surface area contributed by atoms with Crippen molar-refractivity contribution in [3.8, 4) is 0 Å². The van der Waals surface area contributed by atoms with Crippen LogP contribution in [0.2, 0.25) is 0 Å². The zero-order valence-electron chi connectivity index (χ0n) is 15.4. The van der Waals surface area contributed by atoms with E-state index in [0.717, 1.165) is 41.2 Å². The van der Waals surface area contributed by atoms with Crippen molar-refractivity contribution >= 4 is 39.1 Å². The molecular weight excluding hydrogens is 384 g/mol. The zero-order chi connectivity index (χ0) is 19.1. The van der Waals surface area contributed by atoms with Crippen LogP contribution in [0.3, 0.4) is 0 Å². The summed E-state index contributed by atoms with van der Waals surface area (Å²) in [6, 6.07) is 0. The first-order valence-corrected chi connectivity index (χ1v) is 10.6. The summed E-state index contributed by atoms with van der Waals surface area (Å²) in [7, 11) is 0. The monoisotopic (exact) mass is 404 g/mol. The minimum absolute atomic E-state index is 0.154. The highest BCUT2D eigenvalue weighted by atomic mass is 32.1. The molecule has 1 aliphatic rings. The second kappa shape index (κ2) is 7.12. The van der Waals surface area contributed by atoms with E-state index in [1.54, 1.807) is 18.3 Å². The van der Waals surface area contributed by atoms with Gasteiger partial charge >= 0.3 is 5.97 Å². The van der Waals surface area contributed by atoms with Crippen LogP contribution in [-0.4, -0.2) is 25.5 Å². The summed E-state index contributed by atoms with van der Waals surface area (Å²) in [4.78, 5) is 34.9. The molecule has 0 fully saturated rings. The predicted molar refractivity (Wildman–Crippen MR) is 105 cm³/mol. The van der Waals surface area contributed by atoms with Gasteiger partial charge in [-0.15, -0.1) is 16.4 Å². The van der Waals surface area contributed by atoms with Crippen LogP contribution >= 0.6 is 22.9 Å². The van der Waals surface area contributed by atoms with E-state index >= 15 is 0 Å². The Labute approximate surface area is 164 Å². The van der Waals surface area contributed by atoms with Crippen LogP contribution in [0.1, 0.15) is 64.9 Å². The van der Waals surface area contributed by atoms with Crippen molar-refractivity contribution in [2.45, 2.75) is 52.6 Å². The number of aromatic amines is 1. The molecule has 4 rings (SSSR count). The molecule has 0 aliphatic heterocycles. The molecule has 1 aliphatic carbocycles. The minimum Gasteiger partial charge on any atom is -0.450 e. The normalized spacial score (nSPS) is 17.7. The van der Waals surface area contributed by atoms with Crippen LogP contribution in [0, 0.1) is 5.92 Å². The Bertz CT molecular complexity index is 1070. The maximum atomic E-state index is 12.7. The lowest BCUT2D eigenvalue weighted by Gasteiger charge is -2.17. The van der Waals surface area contributed by atoms with Crippen LogP contribution in [0.5, 0.6) is 0 Å².